The van der Waals surface area contributed by atoms with Crippen LogP contribution in [0.25, 0.3) is 0 Å². The summed E-state index contributed by atoms with van der Waals surface area (Å²) in [6.07, 6.45) is 0.963. The zero-order valence-electron chi connectivity index (χ0n) is 15.8. The molecular formula is C17H36BNO2Si. The Kier molecular flexibility index (Phi) is 8.97. The minimum atomic E-state index is -1.66. The van der Waals surface area contributed by atoms with Crippen molar-refractivity contribution in [1.82, 2.24) is 0 Å². The predicted molar refractivity (Wildman–Crippen MR) is 98.4 cm³/mol. The van der Waals surface area contributed by atoms with E-state index in [0.29, 0.717) is 28.1 Å². The Morgan fingerprint density at radius 2 is 1.32 bits per heavy atom. The molecule has 0 saturated carbocycles. The monoisotopic (exact) mass is 325 g/mol. The number of hydrogen-bond donors (Lipinski definition) is 2. The van der Waals surface area contributed by atoms with Gasteiger partial charge in [-0.05, 0) is 24.2 Å². The SMILES string of the molecule is CC(C)C(CC(C#N)CB(O)O)[Si](C(C)C)(C(C)C)C(C)C. The van der Waals surface area contributed by atoms with Gasteiger partial charge in [-0.3, -0.25) is 0 Å². The van der Waals surface area contributed by atoms with E-state index in [4.69, 9.17) is 0 Å². The van der Waals surface area contributed by atoms with Gasteiger partial charge >= 0.3 is 7.12 Å². The molecule has 3 nitrogen and oxygen atoms in total. The number of rotatable bonds is 9. The van der Waals surface area contributed by atoms with Gasteiger partial charge in [-0.1, -0.05) is 72.0 Å². The van der Waals surface area contributed by atoms with Crippen molar-refractivity contribution < 1.29 is 10.0 Å². The third-order valence-corrected chi connectivity index (χ3v) is 13.9. The number of nitriles is 1. The molecule has 0 fully saturated rings. The highest BCUT2D eigenvalue weighted by Gasteiger charge is 2.50. The minimum Gasteiger partial charge on any atom is -0.427 e. The Bertz CT molecular complexity index is 342. The highest BCUT2D eigenvalue weighted by molar-refractivity contribution is 6.84. The molecule has 2 N–H and O–H groups in total. The van der Waals surface area contributed by atoms with E-state index in [1.54, 1.807) is 0 Å². The van der Waals surface area contributed by atoms with Crippen molar-refractivity contribution >= 4 is 15.2 Å². The maximum absolute atomic E-state index is 9.43. The first-order valence-electron chi connectivity index (χ1n) is 8.77. The van der Waals surface area contributed by atoms with E-state index in [2.05, 4.69) is 61.5 Å². The van der Waals surface area contributed by atoms with Gasteiger partial charge in [-0.15, -0.1) is 0 Å². The molecule has 0 aliphatic rings. The fraction of sp³-hybridized carbons (Fsp3) is 0.941. The first-order chi connectivity index (χ1) is 10.0. The molecule has 0 aromatic heterocycles. The molecule has 0 radical (unpaired) electrons. The van der Waals surface area contributed by atoms with Gasteiger partial charge in [-0.25, -0.2) is 0 Å². The lowest BCUT2D eigenvalue weighted by molar-refractivity contribution is 0.385. The number of nitrogens with zero attached hydrogens (tertiary/aromatic N) is 1. The second kappa shape index (κ2) is 9.10. The van der Waals surface area contributed by atoms with E-state index in [0.717, 1.165) is 6.42 Å². The van der Waals surface area contributed by atoms with E-state index in [9.17, 15) is 15.3 Å². The lowest BCUT2D eigenvalue weighted by Gasteiger charge is -2.51. The highest BCUT2D eigenvalue weighted by atomic mass is 28.3. The molecule has 128 valence electrons. The van der Waals surface area contributed by atoms with Gasteiger partial charge < -0.3 is 10.0 Å². The quantitative estimate of drug-likeness (QED) is 0.604. The standard InChI is InChI=1S/C17H36BNO2Si/c1-12(2)17(9-16(11-19)10-18(20)21)22(13(3)4,14(5)6)15(7)8/h12-17,20-21H,9-10H2,1-8H3. The molecule has 0 aromatic rings. The van der Waals surface area contributed by atoms with Crippen LogP contribution in [0.1, 0.15) is 61.8 Å². The normalized spacial score (nSPS) is 15.5. The van der Waals surface area contributed by atoms with Gasteiger partial charge in [0.2, 0.25) is 0 Å². The molecular weight excluding hydrogens is 289 g/mol. The van der Waals surface area contributed by atoms with Crippen molar-refractivity contribution in [3.8, 4) is 6.07 Å². The summed E-state index contributed by atoms with van der Waals surface area (Å²) in [7, 11) is -3.05. The van der Waals surface area contributed by atoms with Gasteiger partial charge in [0.15, 0.2) is 0 Å². The second-order valence-corrected chi connectivity index (χ2v) is 14.3. The number of hydrogen-bond acceptors (Lipinski definition) is 3. The fourth-order valence-electron chi connectivity index (χ4n) is 5.10. The molecule has 0 rings (SSSR count). The first-order valence-corrected chi connectivity index (χ1v) is 11.1. The van der Waals surface area contributed by atoms with E-state index < -0.39 is 15.2 Å². The van der Waals surface area contributed by atoms with Crippen molar-refractivity contribution in [2.75, 3.05) is 0 Å². The van der Waals surface area contributed by atoms with Crippen LogP contribution in [0.4, 0.5) is 0 Å². The van der Waals surface area contributed by atoms with E-state index in [1.165, 1.54) is 0 Å². The van der Waals surface area contributed by atoms with Crippen LogP contribution < -0.4 is 0 Å². The Balaban J connectivity index is 5.72. The van der Waals surface area contributed by atoms with E-state index >= 15 is 0 Å². The molecule has 0 saturated heterocycles. The third-order valence-electron chi connectivity index (χ3n) is 5.66. The van der Waals surface area contributed by atoms with Crippen LogP contribution in [-0.4, -0.2) is 25.2 Å². The van der Waals surface area contributed by atoms with Gasteiger partial charge in [0.05, 0.1) is 14.1 Å². The molecule has 5 heteroatoms. The molecule has 0 heterocycles. The average Bonchev–Trinajstić information content (AvgIpc) is 2.34. The molecule has 0 bridgehead atoms. The van der Waals surface area contributed by atoms with Crippen molar-refractivity contribution in [3.63, 3.8) is 0 Å². The maximum atomic E-state index is 9.43. The van der Waals surface area contributed by atoms with Gasteiger partial charge in [0.25, 0.3) is 0 Å². The van der Waals surface area contributed by atoms with Crippen LogP contribution in [-0.2, 0) is 0 Å². The molecule has 22 heavy (non-hydrogen) atoms. The summed E-state index contributed by atoms with van der Waals surface area (Å²) in [5.41, 5.74) is 2.48. The Morgan fingerprint density at radius 3 is 1.55 bits per heavy atom. The second-order valence-electron chi connectivity index (χ2n) is 8.09. The van der Waals surface area contributed by atoms with Gasteiger partial charge in [0.1, 0.15) is 0 Å². The zero-order valence-corrected chi connectivity index (χ0v) is 16.8. The highest BCUT2D eigenvalue weighted by Crippen LogP contribution is 2.54. The lowest BCUT2D eigenvalue weighted by Crippen LogP contribution is -2.51. The smallest absolute Gasteiger partial charge is 0.427 e. The minimum absolute atomic E-state index is 0.165. The Labute approximate surface area is 139 Å². The fourth-order valence-corrected chi connectivity index (χ4v) is 13.5. The molecule has 2 atom stereocenters. The summed E-state index contributed by atoms with van der Waals surface area (Å²) in [6, 6.07) is 2.31. The Morgan fingerprint density at radius 1 is 0.909 bits per heavy atom. The molecule has 2 unspecified atom stereocenters. The molecule has 0 spiro atoms. The van der Waals surface area contributed by atoms with Crippen LogP contribution in [0.2, 0.25) is 28.5 Å². The maximum Gasteiger partial charge on any atom is 0.452 e. The van der Waals surface area contributed by atoms with Crippen molar-refractivity contribution in [2.45, 2.75) is 90.3 Å². The summed E-state index contributed by atoms with van der Waals surface area (Å²) in [6.45, 7) is 18.6. The topological polar surface area (TPSA) is 64.2 Å². The summed E-state index contributed by atoms with van der Waals surface area (Å²) >= 11 is 0. The largest absolute Gasteiger partial charge is 0.452 e. The lowest BCUT2D eigenvalue weighted by atomic mass is 9.76. The summed E-state index contributed by atoms with van der Waals surface area (Å²) in [4.78, 5) is 0. The third kappa shape index (κ3) is 4.84. The van der Waals surface area contributed by atoms with Crippen LogP contribution in [0, 0.1) is 23.2 Å². The molecule has 0 amide bonds. The van der Waals surface area contributed by atoms with Crippen molar-refractivity contribution in [2.24, 2.45) is 11.8 Å². The van der Waals surface area contributed by atoms with Crippen molar-refractivity contribution in [1.29, 1.82) is 5.26 Å². The van der Waals surface area contributed by atoms with Crippen LogP contribution in [0.15, 0.2) is 0 Å². The molecule has 0 aliphatic heterocycles. The van der Waals surface area contributed by atoms with Crippen molar-refractivity contribution in [3.05, 3.63) is 0 Å². The summed E-state index contributed by atoms with van der Waals surface area (Å²) < 4.78 is 0. The molecule has 0 aromatic carbocycles. The van der Waals surface area contributed by atoms with Crippen LogP contribution >= 0.6 is 0 Å². The van der Waals surface area contributed by atoms with Crippen LogP contribution in [0.5, 0.6) is 0 Å². The van der Waals surface area contributed by atoms with Gasteiger partial charge in [-0.2, -0.15) is 5.26 Å². The zero-order chi connectivity index (χ0) is 17.7. The summed E-state index contributed by atoms with van der Waals surface area (Å²) in [5, 5.41) is 27.9. The predicted octanol–water partition coefficient (Wildman–Crippen LogP) is 4.69. The van der Waals surface area contributed by atoms with E-state index in [1.807, 2.05) is 0 Å². The Hall–Kier alpha value is -0.308. The summed E-state index contributed by atoms with van der Waals surface area (Å²) in [5.74, 6) is 0.251. The average molecular weight is 325 g/mol. The van der Waals surface area contributed by atoms with Crippen LogP contribution in [0.3, 0.4) is 0 Å². The molecule has 0 aliphatic carbocycles. The first kappa shape index (κ1) is 21.7. The van der Waals surface area contributed by atoms with E-state index in [-0.39, 0.29) is 12.2 Å². The van der Waals surface area contributed by atoms with Gasteiger partial charge in [0, 0.05) is 5.92 Å².